The van der Waals surface area contributed by atoms with Crippen LogP contribution in [0.4, 0.5) is 11.4 Å². The van der Waals surface area contributed by atoms with Crippen LogP contribution in [0.3, 0.4) is 0 Å². The Morgan fingerprint density at radius 3 is 2.31 bits per heavy atom. The van der Waals surface area contributed by atoms with Crippen molar-refractivity contribution in [1.29, 1.82) is 5.26 Å². The quantitative estimate of drug-likeness (QED) is 0.350. The molecule has 3 aromatic carbocycles. The van der Waals surface area contributed by atoms with Crippen LogP contribution in [0.1, 0.15) is 29.2 Å². The molecule has 1 saturated heterocycles. The number of aryl methyl sites for hydroxylation is 3. The van der Waals surface area contributed by atoms with E-state index >= 15 is 0 Å². The number of thioether (sulfide) groups is 1. The van der Waals surface area contributed by atoms with Gasteiger partial charge in [0.05, 0.1) is 5.25 Å². The first-order valence-electron chi connectivity index (χ1n) is 11.6. The highest BCUT2D eigenvalue weighted by molar-refractivity contribution is 8.05. The van der Waals surface area contributed by atoms with Crippen LogP contribution in [0.2, 0.25) is 0 Å². The van der Waals surface area contributed by atoms with E-state index in [-0.39, 0.29) is 11.5 Å². The van der Waals surface area contributed by atoms with Crippen molar-refractivity contribution >= 4 is 35.0 Å². The normalized spacial score (nSPS) is 16.7. The highest BCUT2D eigenvalue weighted by Crippen LogP contribution is 2.42. The lowest BCUT2D eigenvalue weighted by Crippen LogP contribution is -2.31. The van der Waals surface area contributed by atoms with Crippen molar-refractivity contribution in [2.24, 2.45) is 0 Å². The molecule has 4 rings (SSSR count). The third kappa shape index (κ3) is 5.47. The van der Waals surface area contributed by atoms with E-state index in [1.807, 2.05) is 74.5 Å². The molecule has 1 aliphatic rings. The summed E-state index contributed by atoms with van der Waals surface area (Å²) in [5.41, 5.74) is 5.49. The minimum absolute atomic E-state index is 0.0730. The average Bonchev–Trinajstić information content (AvgIpc) is 3.15. The molecule has 0 aliphatic carbocycles. The lowest BCUT2D eigenvalue weighted by Gasteiger charge is -2.19. The predicted molar refractivity (Wildman–Crippen MR) is 142 cm³/mol. The molecule has 0 bridgehead atoms. The van der Waals surface area contributed by atoms with Crippen LogP contribution in [0.5, 0.6) is 0 Å². The lowest BCUT2D eigenvalue weighted by molar-refractivity contribution is -0.117. The summed E-state index contributed by atoms with van der Waals surface area (Å²) in [6.45, 7) is 6.02. The summed E-state index contributed by atoms with van der Waals surface area (Å²) >= 11 is 1.28. The maximum Gasteiger partial charge on any atom is 0.269 e. The summed E-state index contributed by atoms with van der Waals surface area (Å²) in [6.07, 6.45) is 1.39. The number of nitrogens with one attached hydrogen (secondary N) is 1. The van der Waals surface area contributed by atoms with Crippen LogP contribution >= 0.6 is 11.8 Å². The number of amides is 2. The molecule has 1 aliphatic heterocycles. The smallest absolute Gasteiger partial charge is 0.269 e. The number of carbonyl (C=O) groups is 2. The molecule has 0 spiro atoms. The second-order valence-electron chi connectivity index (χ2n) is 8.61. The van der Waals surface area contributed by atoms with Gasteiger partial charge in [-0.25, -0.2) is 0 Å². The summed E-state index contributed by atoms with van der Waals surface area (Å²) in [7, 11) is 0. The summed E-state index contributed by atoms with van der Waals surface area (Å²) in [6, 6.07) is 25.2. The Balaban J connectivity index is 1.73. The first-order chi connectivity index (χ1) is 16.9. The summed E-state index contributed by atoms with van der Waals surface area (Å²) in [5.74, 6) is -0.661. The van der Waals surface area contributed by atoms with E-state index < -0.39 is 11.2 Å². The SMILES string of the molecule is CCc1ccc(N2C(=O)C(Cc3cccc(C)c3)S/C2=C(/C#N)C(=O)Nc2cccc(C)c2)cc1. The largest absolute Gasteiger partial charge is 0.321 e. The van der Waals surface area contributed by atoms with Crippen LogP contribution in [0.25, 0.3) is 0 Å². The predicted octanol–water partition coefficient (Wildman–Crippen LogP) is 5.93. The van der Waals surface area contributed by atoms with Crippen LogP contribution < -0.4 is 10.2 Å². The molecular weight excluding hydrogens is 454 g/mol. The summed E-state index contributed by atoms with van der Waals surface area (Å²) in [4.78, 5) is 28.4. The fraction of sp³-hybridized carbons (Fsp3) is 0.207. The van der Waals surface area contributed by atoms with Gasteiger partial charge in [0.2, 0.25) is 5.91 Å². The molecule has 5 nitrogen and oxygen atoms in total. The van der Waals surface area contributed by atoms with Gasteiger partial charge in [0, 0.05) is 11.4 Å². The molecule has 1 fully saturated rings. The number of anilines is 2. The fourth-order valence-electron chi connectivity index (χ4n) is 4.07. The number of hydrogen-bond donors (Lipinski definition) is 1. The van der Waals surface area contributed by atoms with Crippen LogP contribution in [-0.2, 0) is 22.4 Å². The monoisotopic (exact) mass is 481 g/mol. The standard InChI is InChI=1S/C29H27N3O2S/c1-4-21-11-13-24(14-12-21)32-28(34)26(17-22-9-5-7-19(2)15-22)35-29(32)25(18-30)27(33)31-23-10-6-8-20(3)16-23/h5-16,26H,4,17H2,1-3H3,(H,31,33)/b29-25-. The minimum Gasteiger partial charge on any atom is -0.321 e. The minimum atomic E-state index is -0.528. The molecule has 1 N–H and O–H groups in total. The number of nitrogens with zero attached hydrogens (tertiary/aromatic N) is 2. The molecule has 1 atom stereocenters. The summed E-state index contributed by atoms with van der Waals surface area (Å²) < 4.78 is 0. The van der Waals surface area contributed by atoms with Crippen LogP contribution in [-0.4, -0.2) is 17.1 Å². The van der Waals surface area contributed by atoms with E-state index in [0.29, 0.717) is 22.8 Å². The van der Waals surface area contributed by atoms with E-state index in [2.05, 4.69) is 24.4 Å². The van der Waals surface area contributed by atoms with Gasteiger partial charge in [0.15, 0.2) is 0 Å². The number of hydrogen-bond acceptors (Lipinski definition) is 4. The molecule has 6 heteroatoms. The van der Waals surface area contributed by atoms with E-state index in [1.54, 1.807) is 6.07 Å². The van der Waals surface area contributed by atoms with Crippen molar-refractivity contribution in [2.45, 2.75) is 38.9 Å². The molecule has 35 heavy (non-hydrogen) atoms. The molecule has 2 amide bonds. The zero-order valence-electron chi connectivity index (χ0n) is 20.0. The van der Waals surface area contributed by atoms with Crippen LogP contribution in [0.15, 0.2) is 83.4 Å². The Kier molecular flexibility index (Phi) is 7.38. The van der Waals surface area contributed by atoms with Gasteiger partial charge < -0.3 is 5.32 Å². The van der Waals surface area contributed by atoms with Gasteiger partial charge in [-0.3, -0.25) is 14.5 Å². The Morgan fingerprint density at radius 1 is 1.00 bits per heavy atom. The molecule has 0 saturated carbocycles. The Hall–Kier alpha value is -3.82. The molecule has 3 aromatic rings. The maximum atomic E-state index is 13.6. The van der Waals surface area contributed by atoms with Gasteiger partial charge in [-0.05, 0) is 67.6 Å². The highest BCUT2D eigenvalue weighted by atomic mass is 32.2. The Morgan fingerprint density at radius 2 is 1.69 bits per heavy atom. The Bertz CT molecular complexity index is 1340. The number of nitriles is 1. The van der Waals surface area contributed by atoms with E-state index in [0.717, 1.165) is 28.7 Å². The molecule has 0 radical (unpaired) electrons. The first-order valence-corrected chi connectivity index (χ1v) is 12.4. The average molecular weight is 482 g/mol. The highest BCUT2D eigenvalue weighted by Gasteiger charge is 2.40. The number of benzene rings is 3. The third-order valence-corrected chi connectivity index (χ3v) is 7.15. The van der Waals surface area contributed by atoms with Crippen molar-refractivity contribution in [3.63, 3.8) is 0 Å². The number of carbonyl (C=O) groups excluding carboxylic acids is 2. The third-order valence-electron chi connectivity index (χ3n) is 5.89. The number of rotatable bonds is 6. The van der Waals surface area contributed by atoms with Gasteiger partial charge in [-0.15, -0.1) is 0 Å². The van der Waals surface area contributed by atoms with Crippen molar-refractivity contribution < 1.29 is 9.59 Å². The molecule has 176 valence electrons. The van der Waals surface area contributed by atoms with Crippen molar-refractivity contribution in [3.8, 4) is 6.07 Å². The topological polar surface area (TPSA) is 73.2 Å². The molecule has 1 unspecified atom stereocenters. The summed E-state index contributed by atoms with van der Waals surface area (Å²) in [5, 5.41) is 12.8. The first kappa shape index (κ1) is 24.3. The van der Waals surface area contributed by atoms with E-state index in [1.165, 1.54) is 16.7 Å². The van der Waals surface area contributed by atoms with Crippen molar-refractivity contribution in [1.82, 2.24) is 0 Å². The van der Waals surface area contributed by atoms with Gasteiger partial charge in [-0.1, -0.05) is 72.8 Å². The Labute approximate surface area is 210 Å². The second-order valence-corrected chi connectivity index (χ2v) is 9.80. The van der Waals surface area contributed by atoms with E-state index in [9.17, 15) is 14.9 Å². The van der Waals surface area contributed by atoms with Crippen molar-refractivity contribution in [3.05, 3.63) is 106 Å². The molecule has 1 heterocycles. The van der Waals surface area contributed by atoms with Gasteiger partial charge in [0.1, 0.15) is 16.7 Å². The maximum absolute atomic E-state index is 13.6. The van der Waals surface area contributed by atoms with Crippen LogP contribution in [0, 0.1) is 25.2 Å². The van der Waals surface area contributed by atoms with Gasteiger partial charge in [0.25, 0.3) is 5.91 Å². The molecular formula is C29H27N3O2S. The zero-order chi connectivity index (χ0) is 24.9. The molecule has 0 aromatic heterocycles. The lowest BCUT2D eigenvalue weighted by atomic mass is 10.1. The van der Waals surface area contributed by atoms with Gasteiger partial charge in [-0.2, -0.15) is 5.26 Å². The second kappa shape index (κ2) is 10.6. The zero-order valence-corrected chi connectivity index (χ0v) is 20.9. The van der Waals surface area contributed by atoms with E-state index in [4.69, 9.17) is 0 Å². The fourth-order valence-corrected chi connectivity index (χ4v) is 5.38. The van der Waals surface area contributed by atoms with Crippen molar-refractivity contribution in [2.75, 3.05) is 10.2 Å². The van der Waals surface area contributed by atoms with Gasteiger partial charge >= 0.3 is 0 Å².